The average Bonchev–Trinajstić information content (AvgIpc) is 2.39. The zero-order valence-corrected chi connectivity index (χ0v) is 12.3. The van der Waals surface area contributed by atoms with E-state index in [9.17, 15) is 4.21 Å². The molecule has 0 amide bonds. The minimum absolute atomic E-state index is 0.220. The van der Waals surface area contributed by atoms with Crippen molar-refractivity contribution in [2.75, 3.05) is 6.54 Å². The maximum absolute atomic E-state index is 12.6. The number of halogens is 1. The van der Waals surface area contributed by atoms with Crippen LogP contribution in [0.2, 0.25) is 5.02 Å². The molecule has 2 nitrogen and oxygen atoms in total. The Hall–Kier alpha value is -0.380. The van der Waals surface area contributed by atoms with Crippen molar-refractivity contribution >= 4 is 22.4 Å². The van der Waals surface area contributed by atoms with Crippen LogP contribution in [0.1, 0.15) is 32.6 Å². The summed E-state index contributed by atoms with van der Waals surface area (Å²) in [5, 5.41) is 4.36. The van der Waals surface area contributed by atoms with Gasteiger partial charge < -0.3 is 5.32 Å². The minimum Gasteiger partial charge on any atom is -0.313 e. The first-order valence-electron chi connectivity index (χ1n) is 6.62. The molecule has 1 aromatic carbocycles. The van der Waals surface area contributed by atoms with Gasteiger partial charge in [-0.1, -0.05) is 37.4 Å². The Balaban J connectivity index is 2.15. The van der Waals surface area contributed by atoms with Crippen LogP contribution < -0.4 is 5.32 Å². The van der Waals surface area contributed by atoms with E-state index in [2.05, 4.69) is 12.2 Å². The molecule has 1 aromatic rings. The van der Waals surface area contributed by atoms with Gasteiger partial charge in [-0.2, -0.15) is 0 Å². The second kappa shape index (κ2) is 6.69. The molecule has 0 bridgehead atoms. The number of nitrogens with one attached hydrogen (secondary N) is 1. The fourth-order valence-corrected chi connectivity index (χ4v) is 4.59. The summed E-state index contributed by atoms with van der Waals surface area (Å²) in [4.78, 5) is 0.859. The topological polar surface area (TPSA) is 29.1 Å². The van der Waals surface area contributed by atoms with E-state index < -0.39 is 10.8 Å². The van der Waals surface area contributed by atoms with Gasteiger partial charge in [0.1, 0.15) is 0 Å². The first-order valence-corrected chi connectivity index (χ1v) is 8.21. The first kappa shape index (κ1) is 14.0. The molecule has 3 atom stereocenters. The molecule has 0 heterocycles. The molecular formula is C14H20ClNOS. The lowest BCUT2D eigenvalue weighted by atomic mass is 9.95. The maximum atomic E-state index is 12.6. The van der Waals surface area contributed by atoms with Crippen molar-refractivity contribution in [2.45, 2.75) is 48.8 Å². The van der Waals surface area contributed by atoms with E-state index in [1.165, 1.54) is 12.8 Å². The number of hydrogen-bond acceptors (Lipinski definition) is 2. The molecule has 18 heavy (non-hydrogen) atoms. The molecular weight excluding hydrogens is 266 g/mol. The standard InChI is InChI=1S/C14H20ClNOS/c1-2-16-13-8-3-4-9-14(13)18(17)12-7-5-6-11(15)10-12/h5-7,10,13-14,16H,2-4,8-9H2,1H3. The summed E-state index contributed by atoms with van der Waals surface area (Å²) in [5.74, 6) is 0. The molecule has 4 heteroatoms. The number of hydrogen-bond donors (Lipinski definition) is 1. The summed E-state index contributed by atoms with van der Waals surface area (Å²) in [6.45, 7) is 3.04. The minimum atomic E-state index is -0.959. The fraction of sp³-hybridized carbons (Fsp3) is 0.571. The zero-order valence-electron chi connectivity index (χ0n) is 10.7. The molecule has 1 aliphatic carbocycles. The van der Waals surface area contributed by atoms with E-state index in [0.717, 1.165) is 24.3 Å². The highest BCUT2D eigenvalue weighted by atomic mass is 35.5. The quantitative estimate of drug-likeness (QED) is 0.919. The average molecular weight is 286 g/mol. The van der Waals surface area contributed by atoms with Gasteiger partial charge in [0, 0.05) is 16.0 Å². The van der Waals surface area contributed by atoms with Crippen LogP contribution in [-0.4, -0.2) is 22.0 Å². The molecule has 0 aromatic heterocycles. The van der Waals surface area contributed by atoms with E-state index in [-0.39, 0.29) is 5.25 Å². The van der Waals surface area contributed by atoms with E-state index >= 15 is 0 Å². The Labute approximate surface area is 117 Å². The van der Waals surface area contributed by atoms with E-state index in [1.54, 1.807) is 0 Å². The third-order valence-corrected chi connectivity index (χ3v) is 5.54. The summed E-state index contributed by atoms with van der Waals surface area (Å²) in [7, 11) is -0.959. The summed E-state index contributed by atoms with van der Waals surface area (Å²) >= 11 is 5.98. The lowest BCUT2D eigenvalue weighted by Crippen LogP contribution is -2.44. The predicted molar refractivity (Wildman–Crippen MR) is 77.6 cm³/mol. The van der Waals surface area contributed by atoms with Crippen LogP contribution in [0.5, 0.6) is 0 Å². The highest BCUT2D eigenvalue weighted by Gasteiger charge is 2.29. The van der Waals surface area contributed by atoms with Gasteiger partial charge >= 0.3 is 0 Å². The van der Waals surface area contributed by atoms with Crippen LogP contribution >= 0.6 is 11.6 Å². The molecule has 1 N–H and O–H groups in total. The number of rotatable bonds is 4. The smallest absolute Gasteiger partial charge is 0.0577 e. The second-order valence-electron chi connectivity index (χ2n) is 4.74. The second-order valence-corrected chi connectivity index (χ2v) is 6.85. The Morgan fingerprint density at radius 1 is 1.39 bits per heavy atom. The summed E-state index contributed by atoms with van der Waals surface area (Å²) in [5.41, 5.74) is 0. The molecule has 2 rings (SSSR count). The highest BCUT2D eigenvalue weighted by molar-refractivity contribution is 7.85. The van der Waals surface area contributed by atoms with Crippen molar-refractivity contribution in [1.29, 1.82) is 0 Å². The number of benzene rings is 1. The van der Waals surface area contributed by atoms with E-state index in [1.807, 2.05) is 24.3 Å². The van der Waals surface area contributed by atoms with Crippen molar-refractivity contribution in [3.05, 3.63) is 29.3 Å². The molecule has 3 unspecified atom stereocenters. The van der Waals surface area contributed by atoms with Crippen molar-refractivity contribution < 1.29 is 4.21 Å². The molecule has 1 aliphatic rings. The van der Waals surface area contributed by atoms with Crippen molar-refractivity contribution in [3.8, 4) is 0 Å². The SMILES string of the molecule is CCNC1CCCCC1S(=O)c1cccc(Cl)c1. The highest BCUT2D eigenvalue weighted by Crippen LogP contribution is 2.27. The van der Waals surface area contributed by atoms with Crippen LogP contribution in [0.15, 0.2) is 29.2 Å². The van der Waals surface area contributed by atoms with Gasteiger partial charge in [0.25, 0.3) is 0 Å². The monoisotopic (exact) mass is 285 g/mol. The summed E-state index contributed by atoms with van der Waals surface area (Å²) < 4.78 is 12.6. The van der Waals surface area contributed by atoms with Gasteiger partial charge in [-0.25, -0.2) is 0 Å². The Morgan fingerprint density at radius 2 is 2.17 bits per heavy atom. The maximum Gasteiger partial charge on any atom is 0.0577 e. The normalized spacial score (nSPS) is 25.9. The summed E-state index contributed by atoms with van der Waals surface area (Å²) in [6, 6.07) is 7.82. The molecule has 0 radical (unpaired) electrons. The molecule has 0 aliphatic heterocycles. The molecule has 0 spiro atoms. The molecule has 1 fully saturated rings. The predicted octanol–water partition coefficient (Wildman–Crippen LogP) is 3.37. The first-order chi connectivity index (χ1) is 8.72. The van der Waals surface area contributed by atoms with Gasteiger partial charge in [-0.15, -0.1) is 0 Å². The third-order valence-electron chi connectivity index (χ3n) is 3.47. The Bertz CT molecular complexity index is 422. The van der Waals surface area contributed by atoms with Crippen molar-refractivity contribution in [2.24, 2.45) is 0 Å². The lowest BCUT2D eigenvalue weighted by Gasteiger charge is -2.31. The van der Waals surface area contributed by atoms with E-state index in [0.29, 0.717) is 11.1 Å². The van der Waals surface area contributed by atoms with Gasteiger partial charge in [-0.3, -0.25) is 4.21 Å². The lowest BCUT2D eigenvalue weighted by molar-refractivity contribution is 0.385. The molecule has 1 saturated carbocycles. The van der Waals surface area contributed by atoms with Crippen LogP contribution in [0.25, 0.3) is 0 Å². The molecule has 0 saturated heterocycles. The van der Waals surface area contributed by atoms with Crippen LogP contribution in [0.3, 0.4) is 0 Å². The van der Waals surface area contributed by atoms with Crippen LogP contribution in [0, 0.1) is 0 Å². The fourth-order valence-electron chi connectivity index (χ4n) is 2.62. The van der Waals surface area contributed by atoms with Crippen LogP contribution in [0.4, 0.5) is 0 Å². The molecule has 100 valence electrons. The summed E-state index contributed by atoms with van der Waals surface area (Å²) in [6.07, 6.45) is 4.58. The van der Waals surface area contributed by atoms with Crippen LogP contribution in [-0.2, 0) is 10.8 Å². The van der Waals surface area contributed by atoms with Gasteiger partial charge in [0.15, 0.2) is 0 Å². The van der Waals surface area contributed by atoms with Gasteiger partial charge in [0.05, 0.1) is 16.0 Å². The van der Waals surface area contributed by atoms with Crippen molar-refractivity contribution in [3.63, 3.8) is 0 Å². The zero-order chi connectivity index (χ0) is 13.0. The van der Waals surface area contributed by atoms with E-state index in [4.69, 9.17) is 11.6 Å². The largest absolute Gasteiger partial charge is 0.313 e. The Morgan fingerprint density at radius 3 is 2.89 bits per heavy atom. The third kappa shape index (κ3) is 3.34. The van der Waals surface area contributed by atoms with Gasteiger partial charge in [-0.05, 0) is 37.6 Å². The Kier molecular flexibility index (Phi) is 5.22. The van der Waals surface area contributed by atoms with Gasteiger partial charge in [0.2, 0.25) is 0 Å². The van der Waals surface area contributed by atoms with Crippen molar-refractivity contribution in [1.82, 2.24) is 5.32 Å².